The van der Waals surface area contributed by atoms with Crippen molar-refractivity contribution in [1.29, 1.82) is 0 Å². The average Bonchev–Trinajstić information content (AvgIpc) is 3.46. The Labute approximate surface area is 223 Å². The molecule has 37 heavy (non-hydrogen) atoms. The van der Waals surface area contributed by atoms with E-state index in [-0.39, 0.29) is 18.3 Å². The second kappa shape index (κ2) is 9.47. The molecule has 3 aliphatic heterocycles. The van der Waals surface area contributed by atoms with Crippen molar-refractivity contribution in [2.24, 2.45) is 0 Å². The van der Waals surface area contributed by atoms with Gasteiger partial charge in [0, 0.05) is 32.4 Å². The molecule has 0 radical (unpaired) electrons. The fraction of sp³-hybridized carbons (Fsp3) is 0.308. The van der Waals surface area contributed by atoms with Gasteiger partial charge in [0.15, 0.2) is 11.5 Å². The van der Waals surface area contributed by atoms with Crippen LogP contribution in [-0.4, -0.2) is 69.4 Å². The third-order valence-electron chi connectivity index (χ3n) is 6.71. The number of hydrogen-bond donors (Lipinski definition) is 0. The lowest BCUT2D eigenvalue weighted by Gasteiger charge is -2.34. The van der Waals surface area contributed by atoms with Crippen LogP contribution in [0.1, 0.15) is 16.7 Å². The van der Waals surface area contributed by atoms with E-state index >= 15 is 0 Å². The first kappa shape index (κ1) is 24.0. The summed E-state index contributed by atoms with van der Waals surface area (Å²) < 4.78 is 12.8. The summed E-state index contributed by atoms with van der Waals surface area (Å²) in [7, 11) is 2.08. The number of ether oxygens (including phenoxy) is 2. The molecule has 6 rings (SSSR count). The minimum Gasteiger partial charge on any atom is -0.454 e. The van der Waals surface area contributed by atoms with E-state index in [0.29, 0.717) is 44.3 Å². The lowest BCUT2D eigenvalue weighted by molar-refractivity contribution is -0.122. The SMILES string of the molecule is Cc1ccc2nc(N3CCN(C)CC3)c(C=C3SC(=S)N(Cc4ccc5c(c4)OCO5)C3=O)c(=O)n2c1. The van der Waals surface area contributed by atoms with E-state index in [4.69, 9.17) is 26.7 Å². The topological polar surface area (TPSA) is 79.6 Å². The van der Waals surface area contributed by atoms with Crippen molar-refractivity contribution in [2.75, 3.05) is 44.9 Å². The lowest BCUT2D eigenvalue weighted by Crippen LogP contribution is -2.45. The first-order valence-electron chi connectivity index (χ1n) is 12.0. The quantitative estimate of drug-likeness (QED) is 0.370. The molecule has 2 saturated heterocycles. The number of hydrogen-bond acceptors (Lipinski definition) is 9. The number of nitrogens with zero attached hydrogens (tertiary/aromatic N) is 5. The van der Waals surface area contributed by atoms with Crippen LogP contribution >= 0.6 is 24.0 Å². The first-order chi connectivity index (χ1) is 17.9. The number of benzene rings is 1. The molecule has 0 bridgehead atoms. The summed E-state index contributed by atoms with van der Waals surface area (Å²) in [6.07, 6.45) is 3.44. The predicted octanol–water partition coefficient (Wildman–Crippen LogP) is 2.88. The third-order valence-corrected chi connectivity index (χ3v) is 8.09. The zero-order valence-electron chi connectivity index (χ0n) is 20.5. The molecule has 3 aromatic rings. The Kier molecular flexibility index (Phi) is 6.13. The molecule has 0 N–H and O–H groups in total. The standard InChI is InChI=1S/C26H25N5O4S2/c1-16-3-6-22-27-23(29-9-7-28(2)8-10-29)18(24(32)30(22)13-16)12-21-25(33)31(26(36)37-21)14-17-4-5-19-20(11-17)35-15-34-19/h3-6,11-13H,7-10,14-15H2,1-2H3. The van der Waals surface area contributed by atoms with E-state index in [1.807, 2.05) is 37.3 Å². The monoisotopic (exact) mass is 535 g/mol. The van der Waals surface area contributed by atoms with Crippen LogP contribution in [0.25, 0.3) is 11.7 Å². The molecule has 0 saturated carbocycles. The van der Waals surface area contributed by atoms with Gasteiger partial charge >= 0.3 is 0 Å². The van der Waals surface area contributed by atoms with Gasteiger partial charge in [0.25, 0.3) is 11.5 Å². The Morgan fingerprint density at radius 1 is 1.08 bits per heavy atom. The van der Waals surface area contributed by atoms with Gasteiger partial charge in [-0.05, 0) is 49.4 Å². The molecule has 190 valence electrons. The van der Waals surface area contributed by atoms with E-state index in [1.54, 1.807) is 21.6 Å². The normalized spacial score (nSPS) is 19.0. The fourth-order valence-electron chi connectivity index (χ4n) is 4.62. The number of likely N-dealkylation sites (N-methyl/N-ethyl adjacent to an activating group) is 1. The molecule has 0 unspecified atom stereocenters. The Bertz CT molecular complexity index is 1530. The molecule has 0 spiro atoms. The molecule has 5 heterocycles. The first-order valence-corrected chi connectivity index (χ1v) is 13.2. The number of thiocarbonyl (C=S) groups is 1. The predicted molar refractivity (Wildman–Crippen MR) is 147 cm³/mol. The van der Waals surface area contributed by atoms with E-state index in [1.165, 1.54) is 11.8 Å². The number of carbonyl (C=O) groups excluding carboxylic acids is 1. The van der Waals surface area contributed by atoms with Crippen LogP contribution in [0.5, 0.6) is 11.5 Å². The van der Waals surface area contributed by atoms with Crippen LogP contribution in [0.2, 0.25) is 0 Å². The van der Waals surface area contributed by atoms with Crippen molar-refractivity contribution in [3.63, 3.8) is 0 Å². The molecular weight excluding hydrogens is 510 g/mol. The number of piperazine rings is 1. The summed E-state index contributed by atoms with van der Waals surface area (Å²) >= 11 is 6.77. The van der Waals surface area contributed by atoms with E-state index in [0.717, 1.165) is 37.3 Å². The zero-order chi connectivity index (χ0) is 25.7. The molecule has 0 atom stereocenters. The van der Waals surface area contributed by atoms with Gasteiger partial charge in [-0.2, -0.15) is 0 Å². The van der Waals surface area contributed by atoms with Gasteiger partial charge in [0.05, 0.1) is 17.0 Å². The maximum Gasteiger partial charge on any atom is 0.267 e. The number of aryl methyl sites for hydroxylation is 1. The molecule has 3 aliphatic rings. The molecule has 2 aromatic heterocycles. The van der Waals surface area contributed by atoms with Crippen molar-refractivity contribution in [1.82, 2.24) is 19.2 Å². The Morgan fingerprint density at radius 2 is 1.86 bits per heavy atom. The summed E-state index contributed by atoms with van der Waals surface area (Å²) in [6.45, 7) is 5.65. The summed E-state index contributed by atoms with van der Waals surface area (Å²) in [5.41, 5.74) is 2.60. The summed E-state index contributed by atoms with van der Waals surface area (Å²) in [5.74, 6) is 1.71. The molecular formula is C26H25N5O4S2. The number of carbonyl (C=O) groups is 1. The molecule has 1 aromatic carbocycles. The van der Waals surface area contributed by atoms with Crippen molar-refractivity contribution >= 4 is 51.7 Å². The Hall–Kier alpha value is -3.41. The van der Waals surface area contributed by atoms with E-state index < -0.39 is 0 Å². The van der Waals surface area contributed by atoms with Crippen LogP contribution < -0.4 is 19.9 Å². The van der Waals surface area contributed by atoms with Gasteiger partial charge in [-0.25, -0.2) is 4.98 Å². The molecule has 9 nitrogen and oxygen atoms in total. The van der Waals surface area contributed by atoms with Crippen molar-refractivity contribution in [3.05, 3.63) is 68.5 Å². The number of amides is 1. The minimum atomic E-state index is -0.231. The highest BCUT2D eigenvalue weighted by Gasteiger charge is 2.33. The maximum absolute atomic E-state index is 13.7. The highest BCUT2D eigenvalue weighted by atomic mass is 32.2. The number of thioether (sulfide) groups is 1. The smallest absolute Gasteiger partial charge is 0.267 e. The van der Waals surface area contributed by atoms with Crippen LogP contribution in [0, 0.1) is 6.92 Å². The van der Waals surface area contributed by atoms with Gasteiger partial charge in [0.1, 0.15) is 15.8 Å². The lowest BCUT2D eigenvalue weighted by atomic mass is 10.2. The molecule has 0 aliphatic carbocycles. The van der Waals surface area contributed by atoms with Crippen molar-refractivity contribution < 1.29 is 14.3 Å². The van der Waals surface area contributed by atoms with Gasteiger partial charge in [-0.1, -0.05) is 36.1 Å². The Balaban J connectivity index is 1.37. The minimum absolute atomic E-state index is 0.188. The van der Waals surface area contributed by atoms with Gasteiger partial charge in [-0.3, -0.25) is 18.9 Å². The molecule has 11 heteroatoms. The summed E-state index contributed by atoms with van der Waals surface area (Å²) in [4.78, 5) is 38.4. The van der Waals surface area contributed by atoms with Gasteiger partial charge in [-0.15, -0.1) is 0 Å². The maximum atomic E-state index is 13.7. The largest absolute Gasteiger partial charge is 0.454 e. The highest BCUT2D eigenvalue weighted by Crippen LogP contribution is 2.37. The van der Waals surface area contributed by atoms with Crippen LogP contribution in [-0.2, 0) is 11.3 Å². The van der Waals surface area contributed by atoms with Crippen molar-refractivity contribution in [2.45, 2.75) is 13.5 Å². The molecule has 1 amide bonds. The number of aromatic nitrogens is 2. The molecule has 2 fully saturated rings. The van der Waals surface area contributed by atoms with Gasteiger partial charge in [0.2, 0.25) is 6.79 Å². The van der Waals surface area contributed by atoms with Gasteiger partial charge < -0.3 is 19.3 Å². The highest BCUT2D eigenvalue weighted by molar-refractivity contribution is 8.26. The average molecular weight is 536 g/mol. The number of fused-ring (bicyclic) bond motifs is 2. The zero-order valence-corrected chi connectivity index (χ0v) is 22.1. The van der Waals surface area contributed by atoms with E-state index in [9.17, 15) is 9.59 Å². The van der Waals surface area contributed by atoms with Crippen LogP contribution in [0.3, 0.4) is 0 Å². The second-order valence-corrected chi connectivity index (χ2v) is 11.0. The summed E-state index contributed by atoms with van der Waals surface area (Å²) in [6, 6.07) is 9.37. The van der Waals surface area contributed by atoms with E-state index in [2.05, 4.69) is 16.8 Å². The van der Waals surface area contributed by atoms with Crippen molar-refractivity contribution in [3.8, 4) is 11.5 Å². The second-order valence-electron chi connectivity index (χ2n) is 9.33. The Morgan fingerprint density at radius 3 is 2.68 bits per heavy atom. The van der Waals surface area contributed by atoms with Crippen LogP contribution in [0.4, 0.5) is 5.82 Å². The van der Waals surface area contributed by atoms with Crippen LogP contribution in [0.15, 0.2) is 46.2 Å². The number of pyridine rings is 1. The number of anilines is 1. The third kappa shape index (κ3) is 4.47. The summed E-state index contributed by atoms with van der Waals surface area (Å²) in [5, 5.41) is 0. The fourth-order valence-corrected chi connectivity index (χ4v) is 5.86. The number of rotatable bonds is 4.